The Morgan fingerprint density at radius 3 is 2.71 bits per heavy atom. The van der Waals surface area contributed by atoms with E-state index in [1.54, 1.807) is 7.11 Å². The van der Waals surface area contributed by atoms with E-state index in [1.165, 1.54) is 0 Å². The van der Waals surface area contributed by atoms with Crippen LogP contribution >= 0.6 is 11.6 Å². The summed E-state index contributed by atoms with van der Waals surface area (Å²) in [4.78, 5) is 19.3. The summed E-state index contributed by atoms with van der Waals surface area (Å²) in [6, 6.07) is 15.1. The van der Waals surface area contributed by atoms with E-state index in [0.717, 1.165) is 42.8 Å². The molecular weight excluding hydrogens is 416 g/mol. The molecule has 0 bridgehead atoms. The summed E-state index contributed by atoms with van der Waals surface area (Å²) < 4.78 is 10.6. The molecule has 162 valence electrons. The number of rotatable bonds is 7. The van der Waals surface area contributed by atoms with E-state index in [1.807, 2.05) is 48.5 Å². The number of piperidine rings is 1. The average Bonchev–Trinajstić information content (AvgIpc) is 3.27. The molecule has 8 heteroatoms. The Kier molecular flexibility index (Phi) is 6.84. The molecule has 1 fully saturated rings. The van der Waals surface area contributed by atoms with Gasteiger partial charge in [-0.15, -0.1) is 0 Å². The molecule has 31 heavy (non-hydrogen) atoms. The minimum absolute atomic E-state index is 0.0270. The van der Waals surface area contributed by atoms with Crippen molar-refractivity contribution in [3.63, 3.8) is 0 Å². The van der Waals surface area contributed by atoms with E-state index in [9.17, 15) is 4.79 Å². The Morgan fingerprint density at radius 2 is 2.00 bits per heavy atom. The van der Waals surface area contributed by atoms with Crippen molar-refractivity contribution in [1.29, 1.82) is 0 Å². The number of likely N-dealkylation sites (tertiary alicyclic amines) is 1. The Morgan fingerprint density at radius 1 is 1.23 bits per heavy atom. The quantitative estimate of drug-likeness (QED) is 0.599. The molecule has 0 radical (unpaired) electrons. The second-order valence-corrected chi connectivity index (χ2v) is 8.07. The van der Waals surface area contributed by atoms with Crippen LogP contribution in [0.15, 0.2) is 53.1 Å². The lowest BCUT2D eigenvalue weighted by atomic mass is 9.96. The van der Waals surface area contributed by atoms with Crippen molar-refractivity contribution in [1.82, 2.24) is 20.4 Å². The van der Waals surface area contributed by atoms with Crippen molar-refractivity contribution in [3.05, 3.63) is 65.0 Å². The average molecular weight is 441 g/mol. The minimum Gasteiger partial charge on any atom is -0.497 e. The van der Waals surface area contributed by atoms with Gasteiger partial charge in [0.2, 0.25) is 17.6 Å². The molecule has 1 saturated heterocycles. The van der Waals surface area contributed by atoms with Gasteiger partial charge in [0.15, 0.2) is 0 Å². The highest BCUT2D eigenvalue weighted by Crippen LogP contribution is 2.22. The summed E-state index contributed by atoms with van der Waals surface area (Å²) in [5.41, 5.74) is 1.88. The van der Waals surface area contributed by atoms with Crippen LogP contribution in [0, 0.1) is 5.92 Å². The van der Waals surface area contributed by atoms with E-state index >= 15 is 0 Å². The highest BCUT2D eigenvalue weighted by molar-refractivity contribution is 6.30. The molecule has 0 spiro atoms. The number of hydrogen-bond donors (Lipinski definition) is 1. The van der Waals surface area contributed by atoms with Gasteiger partial charge in [0.1, 0.15) is 5.75 Å². The van der Waals surface area contributed by atoms with E-state index < -0.39 is 0 Å². The normalized spacial score (nSPS) is 15.0. The third kappa shape index (κ3) is 5.62. The monoisotopic (exact) mass is 440 g/mol. The summed E-state index contributed by atoms with van der Waals surface area (Å²) in [5.74, 6) is 2.04. The van der Waals surface area contributed by atoms with Gasteiger partial charge in [0.05, 0.1) is 13.7 Å². The number of nitrogens with zero attached hydrogens (tertiary/aromatic N) is 3. The molecule has 7 nitrogen and oxygen atoms in total. The number of nitrogens with one attached hydrogen (secondary N) is 1. The first-order valence-corrected chi connectivity index (χ1v) is 10.7. The zero-order chi connectivity index (χ0) is 21.6. The van der Waals surface area contributed by atoms with Gasteiger partial charge >= 0.3 is 0 Å². The van der Waals surface area contributed by atoms with Gasteiger partial charge in [0.25, 0.3) is 0 Å². The van der Waals surface area contributed by atoms with Gasteiger partial charge in [-0.2, -0.15) is 4.98 Å². The van der Waals surface area contributed by atoms with Crippen LogP contribution in [0.1, 0.15) is 24.3 Å². The number of aromatic nitrogens is 2. The number of benzene rings is 2. The van der Waals surface area contributed by atoms with E-state index in [2.05, 4.69) is 20.4 Å². The van der Waals surface area contributed by atoms with Crippen LogP contribution in [0.2, 0.25) is 5.02 Å². The van der Waals surface area contributed by atoms with Crippen LogP contribution in [0.25, 0.3) is 11.4 Å². The lowest BCUT2D eigenvalue weighted by molar-refractivity contribution is -0.126. The third-order valence-corrected chi connectivity index (χ3v) is 5.73. The van der Waals surface area contributed by atoms with Gasteiger partial charge in [-0.3, -0.25) is 9.69 Å². The number of ether oxygens (including phenoxy) is 1. The minimum atomic E-state index is 0.0270. The Labute approximate surface area is 186 Å². The summed E-state index contributed by atoms with van der Waals surface area (Å²) in [5, 5.41) is 7.74. The molecule has 2 heterocycles. The standard InChI is InChI=1S/C23H25ClN4O3/c1-30-20-7-5-16(6-8-20)14-25-23(29)17-9-11-28(12-10-17)15-21-26-22(27-31-21)18-3-2-4-19(24)13-18/h2-8,13,17H,9-12,14-15H2,1H3,(H,25,29). The van der Waals surface area contributed by atoms with Crippen molar-refractivity contribution in [2.75, 3.05) is 20.2 Å². The summed E-state index contributed by atoms with van der Waals surface area (Å²) in [6.45, 7) is 2.73. The number of halogens is 1. The number of methoxy groups -OCH3 is 1. The Bertz CT molecular complexity index is 1010. The first kappa shape index (κ1) is 21.3. The zero-order valence-corrected chi connectivity index (χ0v) is 18.1. The predicted molar refractivity (Wildman–Crippen MR) is 118 cm³/mol. The van der Waals surface area contributed by atoms with Crippen LogP contribution in [0.4, 0.5) is 0 Å². The van der Waals surface area contributed by atoms with Crippen molar-refractivity contribution < 1.29 is 14.1 Å². The molecule has 1 amide bonds. The number of hydrogen-bond acceptors (Lipinski definition) is 6. The van der Waals surface area contributed by atoms with Gasteiger partial charge in [-0.1, -0.05) is 41.0 Å². The highest BCUT2D eigenvalue weighted by atomic mass is 35.5. The molecule has 1 aliphatic heterocycles. The van der Waals surface area contributed by atoms with Gasteiger partial charge in [0, 0.05) is 23.0 Å². The lowest BCUT2D eigenvalue weighted by Crippen LogP contribution is -2.40. The van der Waals surface area contributed by atoms with Crippen LogP contribution in [0.5, 0.6) is 5.75 Å². The Hall–Kier alpha value is -2.90. The van der Waals surface area contributed by atoms with Crippen LogP contribution in [-0.4, -0.2) is 41.1 Å². The van der Waals surface area contributed by atoms with E-state index in [-0.39, 0.29) is 11.8 Å². The van der Waals surface area contributed by atoms with Gasteiger partial charge in [-0.25, -0.2) is 0 Å². The largest absolute Gasteiger partial charge is 0.497 e. The molecule has 0 unspecified atom stereocenters. The first-order chi connectivity index (χ1) is 15.1. The molecule has 0 atom stereocenters. The van der Waals surface area contributed by atoms with Crippen LogP contribution < -0.4 is 10.1 Å². The maximum Gasteiger partial charge on any atom is 0.241 e. The van der Waals surface area contributed by atoms with Crippen LogP contribution in [-0.2, 0) is 17.9 Å². The molecule has 1 N–H and O–H groups in total. The van der Waals surface area contributed by atoms with Gasteiger partial charge < -0.3 is 14.6 Å². The summed E-state index contributed by atoms with van der Waals surface area (Å²) >= 11 is 6.03. The van der Waals surface area contributed by atoms with E-state index in [0.29, 0.717) is 29.8 Å². The van der Waals surface area contributed by atoms with Crippen molar-refractivity contribution >= 4 is 17.5 Å². The summed E-state index contributed by atoms with van der Waals surface area (Å²) in [6.07, 6.45) is 1.62. The summed E-state index contributed by atoms with van der Waals surface area (Å²) in [7, 11) is 1.64. The maximum atomic E-state index is 12.5. The SMILES string of the molecule is COc1ccc(CNC(=O)C2CCN(Cc3nc(-c4cccc(Cl)c4)no3)CC2)cc1. The molecule has 0 aliphatic carbocycles. The molecule has 0 saturated carbocycles. The molecular formula is C23H25ClN4O3. The lowest BCUT2D eigenvalue weighted by Gasteiger charge is -2.30. The number of amides is 1. The molecule has 1 aromatic heterocycles. The second kappa shape index (κ2) is 9.94. The van der Waals surface area contributed by atoms with Crippen molar-refractivity contribution in [2.45, 2.75) is 25.9 Å². The number of carbonyl (C=O) groups excluding carboxylic acids is 1. The topological polar surface area (TPSA) is 80.5 Å². The second-order valence-electron chi connectivity index (χ2n) is 7.64. The van der Waals surface area contributed by atoms with Crippen molar-refractivity contribution in [3.8, 4) is 17.1 Å². The highest BCUT2D eigenvalue weighted by Gasteiger charge is 2.26. The van der Waals surface area contributed by atoms with E-state index in [4.69, 9.17) is 20.9 Å². The molecule has 4 rings (SSSR count). The van der Waals surface area contributed by atoms with Crippen LogP contribution in [0.3, 0.4) is 0 Å². The van der Waals surface area contributed by atoms with Gasteiger partial charge in [-0.05, 0) is 55.8 Å². The molecule has 2 aromatic carbocycles. The molecule has 1 aliphatic rings. The fourth-order valence-electron chi connectivity index (χ4n) is 3.69. The Balaban J connectivity index is 1.23. The third-order valence-electron chi connectivity index (χ3n) is 5.49. The zero-order valence-electron chi connectivity index (χ0n) is 17.4. The fourth-order valence-corrected chi connectivity index (χ4v) is 3.88. The van der Waals surface area contributed by atoms with Crippen molar-refractivity contribution in [2.24, 2.45) is 5.92 Å². The smallest absolute Gasteiger partial charge is 0.241 e. The fraction of sp³-hybridized carbons (Fsp3) is 0.348. The maximum absolute atomic E-state index is 12.5. The number of carbonyl (C=O) groups is 1. The first-order valence-electron chi connectivity index (χ1n) is 10.3. The predicted octanol–water partition coefficient (Wildman–Crippen LogP) is 3.93. The molecule has 3 aromatic rings.